The Morgan fingerprint density at radius 1 is 1.31 bits per heavy atom. The first kappa shape index (κ1) is 21.1. The van der Waals surface area contributed by atoms with Crippen LogP contribution in [0.1, 0.15) is 31.1 Å². The summed E-state index contributed by atoms with van der Waals surface area (Å²) in [7, 11) is 1.53. The normalized spacial score (nSPS) is 12.4. The Morgan fingerprint density at radius 2 is 2.03 bits per heavy atom. The maximum Gasteiger partial charge on any atom is 0.252 e. The van der Waals surface area contributed by atoms with Crippen molar-refractivity contribution in [1.82, 2.24) is 20.2 Å². The Hall–Kier alpha value is -2.64. The average molecular weight is 419 g/mol. The number of fused-ring (bicyclic) bond motifs is 1. The quantitative estimate of drug-likeness (QED) is 0.556. The van der Waals surface area contributed by atoms with Gasteiger partial charge in [-0.05, 0) is 44.3 Å². The maximum atomic E-state index is 13.7. The summed E-state index contributed by atoms with van der Waals surface area (Å²) in [5, 5.41) is 3.01. The van der Waals surface area contributed by atoms with Crippen molar-refractivity contribution in [1.29, 1.82) is 0 Å². The van der Waals surface area contributed by atoms with Crippen LogP contribution in [0.25, 0.3) is 22.4 Å². The standard InChI is InChI=1S/C21H24ClFN4O2/c1-5-27(6-2)12(3)24-21(28)13-7-8-14(19(9-13)29-4)20-25-17-10-15(22)16(23)11-18(17)26-20/h7-12H,5-6H2,1-4H3,(H,24,28)(H,25,26). The second-order valence-electron chi connectivity index (χ2n) is 6.65. The van der Waals surface area contributed by atoms with Gasteiger partial charge < -0.3 is 15.0 Å². The number of nitrogens with one attached hydrogen (secondary N) is 2. The van der Waals surface area contributed by atoms with Crippen molar-refractivity contribution in [3.63, 3.8) is 0 Å². The minimum atomic E-state index is -0.518. The SMILES string of the molecule is CCN(CC)C(C)NC(=O)c1ccc(-c2nc3cc(Cl)c(F)cc3[nH]2)c(OC)c1. The van der Waals surface area contributed by atoms with E-state index in [0.29, 0.717) is 33.7 Å². The zero-order valence-electron chi connectivity index (χ0n) is 16.8. The fourth-order valence-electron chi connectivity index (χ4n) is 3.30. The number of aromatic nitrogens is 2. The maximum absolute atomic E-state index is 13.7. The Kier molecular flexibility index (Phi) is 6.39. The number of halogens is 2. The number of benzene rings is 2. The van der Waals surface area contributed by atoms with Gasteiger partial charge in [0.05, 0.1) is 34.9 Å². The molecular weight excluding hydrogens is 395 g/mol. The van der Waals surface area contributed by atoms with Gasteiger partial charge in [-0.2, -0.15) is 0 Å². The molecule has 0 spiro atoms. The molecule has 6 nitrogen and oxygen atoms in total. The first-order valence-electron chi connectivity index (χ1n) is 9.46. The Morgan fingerprint density at radius 3 is 2.69 bits per heavy atom. The van der Waals surface area contributed by atoms with E-state index >= 15 is 0 Å². The van der Waals surface area contributed by atoms with Crippen LogP contribution in [0.4, 0.5) is 4.39 Å². The molecule has 0 aliphatic rings. The summed E-state index contributed by atoms with van der Waals surface area (Å²) in [6.45, 7) is 7.75. The molecule has 154 valence electrons. The van der Waals surface area contributed by atoms with Gasteiger partial charge in [0.1, 0.15) is 17.4 Å². The van der Waals surface area contributed by atoms with Gasteiger partial charge in [-0.1, -0.05) is 25.4 Å². The number of aromatic amines is 1. The number of carbonyl (C=O) groups excluding carboxylic acids is 1. The number of H-pyrrole nitrogens is 1. The van der Waals surface area contributed by atoms with E-state index in [4.69, 9.17) is 16.3 Å². The third-order valence-electron chi connectivity index (χ3n) is 4.94. The summed E-state index contributed by atoms with van der Waals surface area (Å²) in [5.74, 6) is 0.282. The lowest BCUT2D eigenvalue weighted by Gasteiger charge is -2.27. The molecule has 1 atom stereocenters. The van der Waals surface area contributed by atoms with E-state index in [2.05, 4.69) is 34.0 Å². The fraction of sp³-hybridized carbons (Fsp3) is 0.333. The number of rotatable bonds is 7. The summed E-state index contributed by atoms with van der Waals surface area (Å²) in [5.41, 5.74) is 2.21. The van der Waals surface area contributed by atoms with Crippen molar-refractivity contribution >= 4 is 28.5 Å². The van der Waals surface area contributed by atoms with Crippen LogP contribution < -0.4 is 10.1 Å². The van der Waals surface area contributed by atoms with Crippen LogP contribution in [-0.2, 0) is 0 Å². The van der Waals surface area contributed by atoms with Gasteiger partial charge in [-0.15, -0.1) is 0 Å². The average Bonchev–Trinajstić information content (AvgIpc) is 3.11. The zero-order valence-corrected chi connectivity index (χ0v) is 17.6. The van der Waals surface area contributed by atoms with Crippen molar-refractivity contribution < 1.29 is 13.9 Å². The van der Waals surface area contributed by atoms with Crippen LogP contribution in [0, 0.1) is 5.82 Å². The molecule has 1 unspecified atom stereocenters. The highest BCUT2D eigenvalue weighted by Crippen LogP contribution is 2.31. The predicted molar refractivity (Wildman–Crippen MR) is 113 cm³/mol. The van der Waals surface area contributed by atoms with E-state index in [9.17, 15) is 9.18 Å². The van der Waals surface area contributed by atoms with Crippen LogP contribution in [0.3, 0.4) is 0 Å². The van der Waals surface area contributed by atoms with Crippen molar-refractivity contribution in [2.45, 2.75) is 26.9 Å². The molecule has 3 aromatic rings. The predicted octanol–water partition coefficient (Wildman–Crippen LogP) is 4.45. The van der Waals surface area contributed by atoms with Gasteiger partial charge in [-0.25, -0.2) is 9.37 Å². The summed E-state index contributed by atoms with van der Waals surface area (Å²) in [6, 6.07) is 7.90. The van der Waals surface area contributed by atoms with E-state index in [-0.39, 0.29) is 17.1 Å². The molecule has 1 aromatic heterocycles. The molecule has 0 saturated carbocycles. The van der Waals surface area contributed by atoms with E-state index < -0.39 is 5.82 Å². The van der Waals surface area contributed by atoms with E-state index in [1.165, 1.54) is 19.2 Å². The topological polar surface area (TPSA) is 70.2 Å². The third kappa shape index (κ3) is 4.36. The number of hydrogen-bond acceptors (Lipinski definition) is 4. The largest absolute Gasteiger partial charge is 0.496 e. The molecule has 29 heavy (non-hydrogen) atoms. The molecule has 3 rings (SSSR count). The molecular formula is C21H24ClFN4O2. The van der Waals surface area contributed by atoms with Crippen LogP contribution in [0.2, 0.25) is 5.02 Å². The second-order valence-corrected chi connectivity index (χ2v) is 7.06. The molecule has 2 aromatic carbocycles. The van der Waals surface area contributed by atoms with E-state index in [1.54, 1.807) is 18.2 Å². The fourth-order valence-corrected chi connectivity index (χ4v) is 3.45. The Bertz CT molecular complexity index is 994. The van der Waals surface area contributed by atoms with Crippen molar-refractivity contribution in [3.05, 3.63) is 46.7 Å². The smallest absolute Gasteiger partial charge is 0.252 e. The number of methoxy groups -OCH3 is 1. The highest BCUT2D eigenvalue weighted by Gasteiger charge is 2.18. The molecule has 0 bridgehead atoms. The number of ether oxygens (including phenoxy) is 1. The summed E-state index contributed by atoms with van der Waals surface area (Å²) in [4.78, 5) is 22.3. The first-order chi connectivity index (χ1) is 13.9. The number of carbonyl (C=O) groups is 1. The number of amides is 1. The highest BCUT2D eigenvalue weighted by atomic mass is 35.5. The summed E-state index contributed by atoms with van der Waals surface area (Å²) < 4.78 is 19.2. The van der Waals surface area contributed by atoms with Gasteiger partial charge in [0.2, 0.25) is 0 Å². The van der Waals surface area contributed by atoms with Crippen molar-refractivity contribution in [2.24, 2.45) is 0 Å². The molecule has 8 heteroatoms. The third-order valence-corrected chi connectivity index (χ3v) is 5.23. The van der Waals surface area contributed by atoms with Crippen LogP contribution in [0.15, 0.2) is 30.3 Å². The van der Waals surface area contributed by atoms with Gasteiger partial charge in [0, 0.05) is 11.6 Å². The minimum Gasteiger partial charge on any atom is -0.496 e. The molecule has 0 fully saturated rings. The summed E-state index contributed by atoms with van der Waals surface area (Å²) in [6.07, 6.45) is -0.0850. The van der Waals surface area contributed by atoms with Crippen LogP contribution in [-0.4, -0.2) is 47.1 Å². The molecule has 1 heterocycles. The lowest BCUT2D eigenvalue weighted by molar-refractivity contribution is 0.0874. The number of hydrogen-bond donors (Lipinski definition) is 2. The van der Waals surface area contributed by atoms with E-state index in [0.717, 1.165) is 13.1 Å². The molecule has 2 N–H and O–H groups in total. The van der Waals surface area contributed by atoms with Crippen LogP contribution >= 0.6 is 11.6 Å². The van der Waals surface area contributed by atoms with Gasteiger partial charge >= 0.3 is 0 Å². The van der Waals surface area contributed by atoms with Crippen LogP contribution in [0.5, 0.6) is 5.75 Å². The molecule has 0 aliphatic heterocycles. The van der Waals surface area contributed by atoms with Gasteiger partial charge in [-0.3, -0.25) is 9.69 Å². The minimum absolute atomic E-state index is 0.0110. The molecule has 0 saturated heterocycles. The number of nitrogens with zero attached hydrogens (tertiary/aromatic N) is 2. The molecule has 0 aliphatic carbocycles. The first-order valence-corrected chi connectivity index (χ1v) is 9.83. The zero-order chi connectivity index (χ0) is 21.1. The van der Waals surface area contributed by atoms with Gasteiger partial charge in [0.15, 0.2) is 0 Å². The Labute approximate surface area is 174 Å². The van der Waals surface area contributed by atoms with Crippen molar-refractivity contribution in [2.75, 3.05) is 20.2 Å². The summed E-state index contributed by atoms with van der Waals surface area (Å²) >= 11 is 5.84. The second kappa shape index (κ2) is 8.80. The van der Waals surface area contributed by atoms with E-state index in [1.807, 2.05) is 6.92 Å². The van der Waals surface area contributed by atoms with Gasteiger partial charge in [0.25, 0.3) is 5.91 Å². The lowest BCUT2D eigenvalue weighted by atomic mass is 10.1. The highest BCUT2D eigenvalue weighted by molar-refractivity contribution is 6.31. The number of imidazole rings is 1. The lowest BCUT2D eigenvalue weighted by Crippen LogP contribution is -2.46. The monoisotopic (exact) mass is 418 g/mol. The van der Waals surface area contributed by atoms with Crippen molar-refractivity contribution in [3.8, 4) is 17.1 Å². The molecule has 0 radical (unpaired) electrons. The Balaban J connectivity index is 1.90. The molecule has 1 amide bonds.